The first-order valence-corrected chi connectivity index (χ1v) is 9.42. The van der Waals surface area contributed by atoms with Crippen LogP contribution in [0.4, 0.5) is 0 Å². The van der Waals surface area contributed by atoms with Crippen molar-refractivity contribution in [3.63, 3.8) is 0 Å². The summed E-state index contributed by atoms with van der Waals surface area (Å²) in [5.41, 5.74) is 0.518. The van der Waals surface area contributed by atoms with Crippen LogP contribution in [-0.4, -0.2) is 49.6 Å². The van der Waals surface area contributed by atoms with E-state index in [2.05, 4.69) is 25.6 Å². The van der Waals surface area contributed by atoms with Gasteiger partial charge in [0.1, 0.15) is 4.60 Å². The summed E-state index contributed by atoms with van der Waals surface area (Å²) in [5, 5.41) is 0. The molecule has 1 amide bonds. The zero-order valence-corrected chi connectivity index (χ0v) is 14.2. The minimum atomic E-state index is -3.25. The second kappa shape index (κ2) is 6.85. The monoisotopic (exact) mass is 375 g/mol. The van der Waals surface area contributed by atoms with Crippen molar-refractivity contribution >= 4 is 31.9 Å². The number of piperidine rings is 1. The van der Waals surface area contributed by atoms with Gasteiger partial charge in [-0.2, -0.15) is 0 Å². The molecule has 8 heteroatoms. The molecule has 1 aliphatic rings. The zero-order valence-electron chi connectivity index (χ0n) is 11.8. The van der Waals surface area contributed by atoms with Crippen LogP contribution in [0.5, 0.6) is 0 Å². The molecule has 2 heterocycles. The third-order valence-electron chi connectivity index (χ3n) is 3.44. The van der Waals surface area contributed by atoms with Crippen molar-refractivity contribution in [2.75, 3.05) is 19.3 Å². The lowest BCUT2D eigenvalue weighted by Gasteiger charge is -2.35. The van der Waals surface area contributed by atoms with Gasteiger partial charge in [0.25, 0.3) is 5.91 Å². The number of pyridine rings is 1. The molecule has 0 spiro atoms. The highest BCUT2D eigenvalue weighted by Crippen LogP contribution is 2.19. The van der Waals surface area contributed by atoms with Crippen LogP contribution >= 0.6 is 15.9 Å². The van der Waals surface area contributed by atoms with E-state index < -0.39 is 10.0 Å². The first kappa shape index (κ1) is 16.4. The van der Waals surface area contributed by atoms with Gasteiger partial charge in [0.05, 0.1) is 11.8 Å². The van der Waals surface area contributed by atoms with Gasteiger partial charge in [-0.05, 0) is 47.3 Å². The van der Waals surface area contributed by atoms with Crippen LogP contribution in [-0.2, 0) is 10.0 Å². The molecule has 0 saturated carbocycles. The molecule has 1 saturated heterocycles. The van der Waals surface area contributed by atoms with Gasteiger partial charge in [-0.1, -0.05) is 0 Å². The normalized spacial score (nSPS) is 19.5. The molecule has 116 valence electrons. The molecule has 1 unspecified atom stereocenters. The summed E-state index contributed by atoms with van der Waals surface area (Å²) in [6.45, 7) is 0.902. The molecule has 0 aromatic carbocycles. The predicted octanol–water partition coefficient (Wildman–Crippen LogP) is 1.39. The second-order valence-electron chi connectivity index (χ2n) is 5.14. The number of nitrogens with zero attached hydrogens (tertiary/aromatic N) is 2. The van der Waals surface area contributed by atoms with Crippen LogP contribution in [0.1, 0.15) is 29.6 Å². The maximum absolute atomic E-state index is 12.5. The van der Waals surface area contributed by atoms with Crippen molar-refractivity contribution in [3.8, 4) is 0 Å². The van der Waals surface area contributed by atoms with Gasteiger partial charge in [0.15, 0.2) is 0 Å². The molecule has 21 heavy (non-hydrogen) atoms. The van der Waals surface area contributed by atoms with Gasteiger partial charge in [-0.25, -0.2) is 18.1 Å². The number of nitrogens with one attached hydrogen (secondary N) is 1. The van der Waals surface area contributed by atoms with Crippen LogP contribution in [0.2, 0.25) is 0 Å². The number of hydrogen-bond acceptors (Lipinski definition) is 4. The van der Waals surface area contributed by atoms with E-state index >= 15 is 0 Å². The molecule has 1 N–H and O–H groups in total. The lowest BCUT2D eigenvalue weighted by atomic mass is 10.0. The first-order valence-electron chi connectivity index (χ1n) is 6.74. The number of aromatic nitrogens is 1. The summed E-state index contributed by atoms with van der Waals surface area (Å²) >= 11 is 3.24. The van der Waals surface area contributed by atoms with Crippen LogP contribution in [0, 0.1) is 0 Å². The zero-order chi connectivity index (χ0) is 15.5. The number of carbonyl (C=O) groups is 1. The van der Waals surface area contributed by atoms with Gasteiger partial charge in [-0.15, -0.1) is 0 Å². The van der Waals surface area contributed by atoms with Gasteiger partial charge >= 0.3 is 0 Å². The van der Waals surface area contributed by atoms with E-state index in [0.29, 0.717) is 16.7 Å². The average Bonchev–Trinajstić information content (AvgIpc) is 2.45. The molecular formula is C13H18BrN3O3S. The topological polar surface area (TPSA) is 79.4 Å². The molecule has 0 radical (unpaired) electrons. The lowest BCUT2D eigenvalue weighted by molar-refractivity contribution is 0.0618. The molecule has 1 aliphatic heterocycles. The number of amides is 1. The van der Waals surface area contributed by atoms with Crippen molar-refractivity contribution in [3.05, 3.63) is 28.5 Å². The molecule has 1 aromatic rings. The van der Waals surface area contributed by atoms with E-state index in [0.717, 1.165) is 25.5 Å². The van der Waals surface area contributed by atoms with Crippen LogP contribution in [0.15, 0.2) is 22.9 Å². The Morgan fingerprint density at radius 2 is 2.24 bits per heavy atom. The van der Waals surface area contributed by atoms with Crippen molar-refractivity contribution in [1.82, 2.24) is 14.6 Å². The van der Waals surface area contributed by atoms with Crippen LogP contribution in [0.25, 0.3) is 0 Å². The molecule has 0 aliphatic carbocycles. The quantitative estimate of drug-likeness (QED) is 0.806. The van der Waals surface area contributed by atoms with E-state index in [1.54, 1.807) is 17.0 Å². The van der Waals surface area contributed by atoms with Crippen molar-refractivity contribution < 1.29 is 13.2 Å². The molecule has 1 fully saturated rings. The van der Waals surface area contributed by atoms with Gasteiger partial charge < -0.3 is 4.90 Å². The summed E-state index contributed by atoms with van der Waals surface area (Å²) in [6, 6.07) is 3.33. The maximum atomic E-state index is 12.5. The summed E-state index contributed by atoms with van der Waals surface area (Å²) in [7, 11) is -3.25. The molecule has 1 aromatic heterocycles. The highest BCUT2D eigenvalue weighted by atomic mass is 79.9. The average molecular weight is 376 g/mol. The van der Waals surface area contributed by atoms with E-state index in [4.69, 9.17) is 0 Å². The lowest BCUT2D eigenvalue weighted by Crippen LogP contribution is -2.49. The fourth-order valence-corrected chi connectivity index (χ4v) is 3.13. The number of rotatable bonds is 4. The SMILES string of the molecule is CS(=O)(=O)NCC1CCCCN1C(=O)c1ccc(Br)nc1. The molecule has 6 nitrogen and oxygen atoms in total. The second-order valence-corrected chi connectivity index (χ2v) is 7.78. The maximum Gasteiger partial charge on any atom is 0.255 e. The molecule has 1 atom stereocenters. The summed E-state index contributed by atoms with van der Waals surface area (Å²) in [4.78, 5) is 18.3. The predicted molar refractivity (Wildman–Crippen MR) is 83.5 cm³/mol. The minimum Gasteiger partial charge on any atom is -0.334 e. The van der Waals surface area contributed by atoms with Crippen LogP contribution in [0.3, 0.4) is 0 Å². The number of likely N-dealkylation sites (tertiary alicyclic amines) is 1. The van der Waals surface area contributed by atoms with Gasteiger partial charge in [0, 0.05) is 25.3 Å². The van der Waals surface area contributed by atoms with E-state index in [1.165, 1.54) is 6.20 Å². The van der Waals surface area contributed by atoms with Crippen LogP contribution < -0.4 is 4.72 Å². The third-order valence-corrected chi connectivity index (χ3v) is 4.60. The van der Waals surface area contributed by atoms with Crippen molar-refractivity contribution in [2.24, 2.45) is 0 Å². The first-order chi connectivity index (χ1) is 9.87. The molecule has 0 bridgehead atoms. The van der Waals surface area contributed by atoms with E-state index in [1.807, 2.05) is 0 Å². The van der Waals surface area contributed by atoms with E-state index in [-0.39, 0.29) is 18.5 Å². The Bertz CT molecular complexity index is 604. The number of carbonyl (C=O) groups excluding carboxylic acids is 1. The number of hydrogen-bond donors (Lipinski definition) is 1. The highest BCUT2D eigenvalue weighted by molar-refractivity contribution is 9.10. The Hall–Kier alpha value is -0.990. The van der Waals surface area contributed by atoms with Crippen molar-refractivity contribution in [2.45, 2.75) is 25.3 Å². The van der Waals surface area contributed by atoms with Gasteiger partial charge in [-0.3, -0.25) is 4.79 Å². The molecule has 2 rings (SSSR count). The Labute approximate surface area is 133 Å². The largest absolute Gasteiger partial charge is 0.334 e. The number of halogens is 1. The number of sulfonamides is 1. The van der Waals surface area contributed by atoms with Crippen molar-refractivity contribution in [1.29, 1.82) is 0 Å². The van der Waals surface area contributed by atoms with Gasteiger partial charge in [0.2, 0.25) is 10.0 Å². The Balaban J connectivity index is 2.10. The smallest absolute Gasteiger partial charge is 0.255 e. The Kier molecular flexibility index (Phi) is 5.34. The summed E-state index contributed by atoms with van der Waals surface area (Å²) in [6.07, 6.45) is 5.39. The Morgan fingerprint density at radius 3 is 2.86 bits per heavy atom. The minimum absolute atomic E-state index is 0.102. The fraction of sp³-hybridized carbons (Fsp3) is 0.538. The fourth-order valence-electron chi connectivity index (χ4n) is 2.40. The van der Waals surface area contributed by atoms with E-state index in [9.17, 15) is 13.2 Å². The summed E-state index contributed by atoms with van der Waals surface area (Å²) in [5.74, 6) is -0.102. The standard InChI is InChI=1S/C13H18BrN3O3S/c1-21(19,20)16-9-11-4-2-3-7-17(11)13(18)10-5-6-12(14)15-8-10/h5-6,8,11,16H,2-4,7,9H2,1H3. The molecular weight excluding hydrogens is 358 g/mol. The Morgan fingerprint density at radius 1 is 1.48 bits per heavy atom. The third kappa shape index (κ3) is 4.76. The highest BCUT2D eigenvalue weighted by Gasteiger charge is 2.28. The summed E-state index contributed by atoms with van der Waals surface area (Å²) < 4.78 is 25.6.